The highest BCUT2D eigenvalue weighted by Gasteiger charge is 2.09. The number of nitrogens with one attached hydrogen (secondary N) is 2. The number of likely N-dealkylation sites (N-methyl/N-ethyl adjacent to an activating group) is 1. The average molecular weight is 569 g/mol. The normalized spacial score (nSPS) is 10.6. The number of guanidine groups is 1. The molecule has 0 bridgehead atoms. The van der Waals surface area contributed by atoms with Gasteiger partial charge in [-0.25, -0.2) is 4.99 Å². The molecule has 2 N–H and O–H groups in total. The second-order valence-electron chi connectivity index (χ2n) is 7.41. The monoisotopic (exact) mass is 569 g/mol. The fraction of sp³-hybridized carbons (Fsp3) is 0.417. The minimum atomic E-state index is -0.0698. The van der Waals surface area contributed by atoms with Crippen LogP contribution in [0.3, 0.4) is 0 Å². The Bertz CT molecular complexity index is 878. The Labute approximate surface area is 214 Å². The number of hydrogen-bond acceptors (Lipinski definition) is 5. The summed E-state index contributed by atoms with van der Waals surface area (Å²) in [6.07, 6.45) is 0.903. The predicted molar refractivity (Wildman–Crippen MR) is 147 cm³/mol. The van der Waals surface area contributed by atoms with Crippen LogP contribution in [0.1, 0.15) is 13.3 Å². The van der Waals surface area contributed by atoms with E-state index in [9.17, 15) is 4.79 Å². The summed E-state index contributed by atoms with van der Waals surface area (Å²) in [5.74, 6) is 1.78. The number of carbonyl (C=O) groups excluding carboxylic acids is 1. The average Bonchev–Trinajstić information content (AvgIpc) is 2.80. The first-order chi connectivity index (χ1) is 15.4. The van der Waals surface area contributed by atoms with E-state index in [1.54, 1.807) is 21.2 Å². The van der Waals surface area contributed by atoms with Crippen molar-refractivity contribution in [2.45, 2.75) is 13.3 Å². The van der Waals surface area contributed by atoms with Gasteiger partial charge in [-0.3, -0.25) is 4.79 Å². The quantitative estimate of drug-likeness (QED) is 0.186. The van der Waals surface area contributed by atoms with E-state index in [1.807, 2.05) is 43.3 Å². The number of para-hydroxylation sites is 1. The Morgan fingerprint density at radius 1 is 1.06 bits per heavy atom. The van der Waals surface area contributed by atoms with Gasteiger partial charge in [-0.15, -0.1) is 24.0 Å². The van der Waals surface area contributed by atoms with Crippen molar-refractivity contribution in [3.63, 3.8) is 0 Å². The fourth-order valence-electron chi connectivity index (χ4n) is 2.92. The van der Waals surface area contributed by atoms with Crippen LogP contribution in [0.25, 0.3) is 0 Å². The number of aliphatic imine (C=N–C) groups is 1. The molecule has 2 aromatic rings. The third kappa shape index (κ3) is 9.77. The number of anilines is 2. The van der Waals surface area contributed by atoms with Crippen molar-refractivity contribution >= 4 is 47.2 Å². The molecule has 8 nitrogen and oxygen atoms in total. The lowest BCUT2D eigenvalue weighted by Crippen LogP contribution is -2.35. The van der Waals surface area contributed by atoms with E-state index in [-0.39, 0.29) is 36.4 Å². The van der Waals surface area contributed by atoms with Gasteiger partial charge < -0.3 is 29.9 Å². The summed E-state index contributed by atoms with van der Waals surface area (Å²) < 4.78 is 11.0. The lowest BCUT2D eigenvalue weighted by molar-refractivity contribution is -0.127. The maximum absolute atomic E-state index is 12.0. The van der Waals surface area contributed by atoms with E-state index in [2.05, 4.69) is 39.7 Å². The van der Waals surface area contributed by atoms with Crippen molar-refractivity contribution in [3.05, 3.63) is 48.5 Å². The largest absolute Gasteiger partial charge is 0.493 e. The molecule has 0 atom stereocenters. The maximum Gasteiger partial charge on any atom is 0.243 e. The van der Waals surface area contributed by atoms with Crippen molar-refractivity contribution in [3.8, 4) is 11.5 Å². The lowest BCUT2D eigenvalue weighted by atomic mass is 10.2. The summed E-state index contributed by atoms with van der Waals surface area (Å²) in [6, 6.07) is 15.8. The molecule has 0 aromatic heterocycles. The minimum absolute atomic E-state index is 0. The van der Waals surface area contributed by atoms with Crippen molar-refractivity contribution in [2.24, 2.45) is 4.99 Å². The number of halogens is 1. The molecule has 0 saturated heterocycles. The van der Waals surface area contributed by atoms with Gasteiger partial charge in [0.15, 0.2) is 17.5 Å². The molecular formula is C24H36IN5O3. The van der Waals surface area contributed by atoms with Crippen LogP contribution in [0.2, 0.25) is 0 Å². The summed E-state index contributed by atoms with van der Waals surface area (Å²) in [6.45, 7) is 4.10. The predicted octanol–water partition coefficient (Wildman–Crippen LogP) is 3.68. The second kappa shape index (κ2) is 15.2. The van der Waals surface area contributed by atoms with Crippen LogP contribution in [0.15, 0.2) is 53.5 Å². The highest BCUT2D eigenvalue weighted by atomic mass is 127. The van der Waals surface area contributed by atoms with E-state index in [0.29, 0.717) is 30.6 Å². The third-order valence-electron chi connectivity index (χ3n) is 4.76. The van der Waals surface area contributed by atoms with Gasteiger partial charge in [-0.05, 0) is 37.6 Å². The number of rotatable bonds is 11. The zero-order valence-corrected chi connectivity index (χ0v) is 22.5. The van der Waals surface area contributed by atoms with Gasteiger partial charge in [0.05, 0.1) is 13.7 Å². The van der Waals surface area contributed by atoms with Crippen molar-refractivity contribution < 1.29 is 14.3 Å². The van der Waals surface area contributed by atoms with E-state index in [4.69, 9.17) is 9.47 Å². The highest BCUT2D eigenvalue weighted by molar-refractivity contribution is 14.0. The molecule has 0 aliphatic rings. The molecule has 0 heterocycles. The molecule has 1 amide bonds. The first kappa shape index (κ1) is 28.3. The summed E-state index contributed by atoms with van der Waals surface area (Å²) in [7, 11) is 7.12. The molecule has 33 heavy (non-hydrogen) atoms. The van der Waals surface area contributed by atoms with Gasteiger partial charge in [0.1, 0.15) is 6.54 Å². The van der Waals surface area contributed by atoms with Gasteiger partial charge in [0.2, 0.25) is 5.91 Å². The standard InChI is InChI=1S/C24H35N5O3.HI/c1-6-32-22-17-19(13-14-21(22)31-5)27-24(26-18-23(30)28(2)3)25-15-10-16-29(4)20-11-8-7-9-12-20;/h7-9,11-14,17H,6,10,15-16,18H2,1-5H3,(H2,25,26,27);1H. The molecule has 0 fully saturated rings. The molecule has 0 aliphatic heterocycles. The van der Waals surface area contributed by atoms with Crippen LogP contribution in [0.5, 0.6) is 11.5 Å². The van der Waals surface area contributed by atoms with Crippen LogP contribution in [-0.4, -0.2) is 71.3 Å². The first-order valence-corrected chi connectivity index (χ1v) is 10.8. The molecule has 0 saturated carbocycles. The van der Waals surface area contributed by atoms with Gasteiger partial charge in [0, 0.05) is 51.7 Å². The Kier molecular flexibility index (Phi) is 13.1. The number of benzene rings is 2. The molecule has 9 heteroatoms. The number of nitrogens with zero attached hydrogens (tertiary/aromatic N) is 3. The fourth-order valence-corrected chi connectivity index (χ4v) is 2.92. The number of ether oxygens (including phenoxy) is 2. The SMILES string of the molecule is CCOc1cc(NC(=NCC(=O)N(C)C)NCCCN(C)c2ccccc2)ccc1OC.I. The van der Waals surface area contributed by atoms with Crippen LogP contribution in [0.4, 0.5) is 11.4 Å². The number of hydrogen-bond donors (Lipinski definition) is 2. The van der Waals surface area contributed by atoms with E-state index in [1.165, 1.54) is 10.6 Å². The topological polar surface area (TPSA) is 78.4 Å². The molecule has 0 aliphatic carbocycles. The van der Waals surface area contributed by atoms with Crippen LogP contribution < -0.4 is 25.0 Å². The molecule has 0 spiro atoms. The van der Waals surface area contributed by atoms with Crippen LogP contribution >= 0.6 is 24.0 Å². The summed E-state index contributed by atoms with van der Waals surface area (Å²) in [4.78, 5) is 20.2. The number of amides is 1. The first-order valence-electron chi connectivity index (χ1n) is 10.8. The zero-order valence-electron chi connectivity index (χ0n) is 20.1. The third-order valence-corrected chi connectivity index (χ3v) is 4.76. The molecule has 0 radical (unpaired) electrons. The van der Waals surface area contributed by atoms with Crippen molar-refractivity contribution in [1.82, 2.24) is 10.2 Å². The molecule has 2 aromatic carbocycles. The van der Waals surface area contributed by atoms with Crippen molar-refractivity contribution in [2.75, 3.05) is 64.7 Å². The number of methoxy groups -OCH3 is 1. The molecular weight excluding hydrogens is 533 g/mol. The highest BCUT2D eigenvalue weighted by Crippen LogP contribution is 2.30. The minimum Gasteiger partial charge on any atom is -0.493 e. The zero-order chi connectivity index (χ0) is 23.3. The van der Waals surface area contributed by atoms with Crippen LogP contribution in [-0.2, 0) is 4.79 Å². The summed E-state index contributed by atoms with van der Waals surface area (Å²) in [5.41, 5.74) is 1.97. The van der Waals surface area contributed by atoms with E-state index >= 15 is 0 Å². The second-order valence-corrected chi connectivity index (χ2v) is 7.41. The Morgan fingerprint density at radius 2 is 1.79 bits per heavy atom. The Balaban J connectivity index is 0.00000544. The van der Waals surface area contributed by atoms with Gasteiger partial charge in [-0.2, -0.15) is 0 Å². The van der Waals surface area contributed by atoms with E-state index < -0.39 is 0 Å². The molecule has 2 rings (SSSR count). The Hall–Kier alpha value is -2.69. The maximum atomic E-state index is 12.0. The summed E-state index contributed by atoms with van der Waals surface area (Å²) in [5, 5.41) is 6.58. The van der Waals surface area contributed by atoms with Gasteiger partial charge in [-0.1, -0.05) is 18.2 Å². The molecule has 0 unspecified atom stereocenters. The van der Waals surface area contributed by atoms with Crippen LogP contribution in [0, 0.1) is 0 Å². The summed E-state index contributed by atoms with van der Waals surface area (Å²) >= 11 is 0. The smallest absolute Gasteiger partial charge is 0.243 e. The van der Waals surface area contributed by atoms with Gasteiger partial charge in [0.25, 0.3) is 0 Å². The van der Waals surface area contributed by atoms with Gasteiger partial charge >= 0.3 is 0 Å². The van der Waals surface area contributed by atoms with Crippen molar-refractivity contribution in [1.29, 1.82) is 0 Å². The Morgan fingerprint density at radius 3 is 2.42 bits per heavy atom. The lowest BCUT2D eigenvalue weighted by Gasteiger charge is -2.20. The van der Waals surface area contributed by atoms with E-state index in [0.717, 1.165) is 18.7 Å². The molecule has 182 valence electrons. The number of carbonyl (C=O) groups is 1.